The first-order valence-electron chi connectivity index (χ1n) is 6.89. The Balaban J connectivity index is 1.99. The van der Waals surface area contributed by atoms with Crippen molar-refractivity contribution in [2.75, 3.05) is 7.11 Å². The topological polar surface area (TPSA) is 29.5 Å². The molecule has 0 bridgehead atoms. The van der Waals surface area contributed by atoms with Crippen LogP contribution in [0.4, 0.5) is 0 Å². The first kappa shape index (κ1) is 12.4. The largest absolute Gasteiger partial charge is 0.390 e. The van der Waals surface area contributed by atoms with Crippen LogP contribution >= 0.6 is 0 Å². The average Bonchev–Trinajstić information content (AvgIpc) is 2.29. The lowest BCUT2D eigenvalue weighted by Crippen LogP contribution is -2.46. The third-order valence-corrected chi connectivity index (χ3v) is 4.75. The maximum Gasteiger partial charge on any atom is 0.0700 e. The SMILES string of the molecule is COC1CCCC(O)(C2CCCC(C)C2)C1. The van der Waals surface area contributed by atoms with Crippen LogP contribution in [-0.4, -0.2) is 23.9 Å². The Morgan fingerprint density at radius 1 is 1.19 bits per heavy atom. The van der Waals surface area contributed by atoms with Crippen molar-refractivity contribution in [2.45, 2.75) is 70.0 Å². The number of hydrogen-bond donors (Lipinski definition) is 1. The predicted octanol–water partition coefficient (Wildman–Crippen LogP) is 3.13. The molecular weight excluding hydrogens is 200 g/mol. The van der Waals surface area contributed by atoms with Crippen LogP contribution in [0, 0.1) is 11.8 Å². The van der Waals surface area contributed by atoms with Gasteiger partial charge in [0.15, 0.2) is 0 Å². The summed E-state index contributed by atoms with van der Waals surface area (Å²) in [5.74, 6) is 1.32. The van der Waals surface area contributed by atoms with E-state index in [-0.39, 0.29) is 6.10 Å². The van der Waals surface area contributed by atoms with E-state index >= 15 is 0 Å². The van der Waals surface area contributed by atoms with Gasteiger partial charge in [-0.25, -0.2) is 0 Å². The van der Waals surface area contributed by atoms with Crippen molar-refractivity contribution in [3.05, 3.63) is 0 Å². The van der Waals surface area contributed by atoms with Crippen LogP contribution in [0.3, 0.4) is 0 Å². The molecule has 94 valence electrons. The van der Waals surface area contributed by atoms with Gasteiger partial charge in [-0.05, 0) is 43.9 Å². The molecule has 0 aromatic rings. The molecule has 0 amide bonds. The van der Waals surface area contributed by atoms with Crippen LogP contribution in [0.25, 0.3) is 0 Å². The van der Waals surface area contributed by atoms with E-state index in [1.807, 2.05) is 0 Å². The molecule has 2 aliphatic carbocycles. The number of hydrogen-bond acceptors (Lipinski definition) is 2. The minimum Gasteiger partial charge on any atom is -0.390 e. The van der Waals surface area contributed by atoms with Crippen molar-refractivity contribution in [2.24, 2.45) is 11.8 Å². The van der Waals surface area contributed by atoms with Crippen LogP contribution in [0.15, 0.2) is 0 Å². The van der Waals surface area contributed by atoms with Crippen molar-refractivity contribution in [3.63, 3.8) is 0 Å². The van der Waals surface area contributed by atoms with Crippen molar-refractivity contribution in [3.8, 4) is 0 Å². The van der Waals surface area contributed by atoms with Crippen molar-refractivity contribution >= 4 is 0 Å². The highest BCUT2D eigenvalue weighted by atomic mass is 16.5. The molecule has 2 saturated carbocycles. The molecular formula is C14H26O2. The quantitative estimate of drug-likeness (QED) is 0.784. The first-order chi connectivity index (χ1) is 7.64. The molecule has 2 fully saturated rings. The van der Waals surface area contributed by atoms with Crippen LogP contribution in [0.2, 0.25) is 0 Å². The van der Waals surface area contributed by atoms with Crippen molar-refractivity contribution < 1.29 is 9.84 Å². The molecule has 0 aromatic carbocycles. The highest BCUT2D eigenvalue weighted by Crippen LogP contribution is 2.43. The minimum atomic E-state index is -0.423. The number of aliphatic hydroxyl groups is 1. The van der Waals surface area contributed by atoms with E-state index < -0.39 is 5.60 Å². The zero-order valence-electron chi connectivity index (χ0n) is 10.7. The van der Waals surface area contributed by atoms with E-state index in [1.54, 1.807) is 7.11 Å². The molecule has 16 heavy (non-hydrogen) atoms. The number of ether oxygens (including phenoxy) is 1. The highest BCUT2D eigenvalue weighted by Gasteiger charge is 2.42. The van der Waals surface area contributed by atoms with E-state index in [1.165, 1.54) is 25.7 Å². The Morgan fingerprint density at radius 3 is 2.69 bits per heavy atom. The highest BCUT2D eigenvalue weighted by molar-refractivity contribution is 4.94. The van der Waals surface area contributed by atoms with Gasteiger partial charge in [0.05, 0.1) is 11.7 Å². The predicted molar refractivity (Wildman–Crippen MR) is 65.3 cm³/mol. The standard InChI is InChI=1S/C14H26O2/c1-11-5-3-6-12(9-11)14(15)8-4-7-13(10-14)16-2/h11-13,15H,3-10H2,1-2H3. The fraction of sp³-hybridized carbons (Fsp3) is 1.00. The molecule has 0 radical (unpaired) electrons. The number of rotatable bonds is 2. The zero-order valence-corrected chi connectivity index (χ0v) is 10.7. The van der Waals surface area contributed by atoms with Gasteiger partial charge in [0.25, 0.3) is 0 Å². The lowest BCUT2D eigenvalue weighted by atomic mass is 9.67. The Morgan fingerprint density at radius 2 is 2.00 bits per heavy atom. The van der Waals surface area contributed by atoms with E-state index in [0.717, 1.165) is 31.6 Å². The van der Waals surface area contributed by atoms with Gasteiger partial charge in [-0.2, -0.15) is 0 Å². The van der Waals surface area contributed by atoms with Gasteiger partial charge < -0.3 is 9.84 Å². The van der Waals surface area contributed by atoms with Crippen molar-refractivity contribution in [1.82, 2.24) is 0 Å². The summed E-state index contributed by atoms with van der Waals surface area (Å²) in [6.45, 7) is 2.33. The molecule has 0 spiro atoms. The lowest BCUT2D eigenvalue weighted by molar-refractivity contribution is -0.106. The first-order valence-corrected chi connectivity index (χ1v) is 6.89. The molecule has 2 nitrogen and oxygen atoms in total. The van der Waals surface area contributed by atoms with Crippen LogP contribution in [0.1, 0.15) is 58.3 Å². The summed E-state index contributed by atoms with van der Waals surface area (Å²) in [6.07, 6.45) is 9.47. The summed E-state index contributed by atoms with van der Waals surface area (Å²) in [5.41, 5.74) is -0.423. The summed E-state index contributed by atoms with van der Waals surface area (Å²) in [4.78, 5) is 0. The maximum atomic E-state index is 10.8. The molecule has 4 atom stereocenters. The second kappa shape index (κ2) is 5.05. The van der Waals surface area contributed by atoms with Gasteiger partial charge >= 0.3 is 0 Å². The summed E-state index contributed by atoms with van der Waals surface area (Å²) in [7, 11) is 1.78. The fourth-order valence-electron chi connectivity index (χ4n) is 3.73. The summed E-state index contributed by atoms with van der Waals surface area (Å²) in [6, 6.07) is 0. The van der Waals surface area contributed by atoms with Crippen molar-refractivity contribution in [1.29, 1.82) is 0 Å². The van der Waals surface area contributed by atoms with E-state index in [4.69, 9.17) is 4.74 Å². The summed E-state index contributed by atoms with van der Waals surface area (Å²) in [5, 5.41) is 10.8. The average molecular weight is 226 g/mol. The van der Waals surface area contributed by atoms with Gasteiger partial charge in [-0.1, -0.05) is 19.8 Å². The van der Waals surface area contributed by atoms with Gasteiger partial charge in [0.2, 0.25) is 0 Å². The van der Waals surface area contributed by atoms with Crippen LogP contribution < -0.4 is 0 Å². The van der Waals surface area contributed by atoms with Gasteiger partial charge in [0, 0.05) is 13.5 Å². The van der Waals surface area contributed by atoms with E-state index in [0.29, 0.717) is 5.92 Å². The molecule has 1 N–H and O–H groups in total. The second-order valence-electron chi connectivity index (χ2n) is 6.03. The normalized spacial score (nSPS) is 45.6. The minimum absolute atomic E-state index is 0.288. The summed E-state index contributed by atoms with van der Waals surface area (Å²) >= 11 is 0. The fourth-order valence-corrected chi connectivity index (χ4v) is 3.73. The zero-order chi connectivity index (χ0) is 11.6. The molecule has 0 saturated heterocycles. The molecule has 2 rings (SSSR count). The second-order valence-corrected chi connectivity index (χ2v) is 6.03. The third-order valence-electron chi connectivity index (χ3n) is 4.75. The molecule has 4 unspecified atom stereocenters. The Kier molecular flexibility index (Phi) is 3.91. The third kappa shape index (κ3) is 2.60. The van der Waals surface area contributed by atoms with E-state index in [9.17, 15) is 5.11 Å². The Labute approximate surface area is 99.4 Å². The summed E-state index contributed by atoms with van der Waals surface area (Å²) < 4.78 is 5.44. The van der Waals surface area contributed by atoms with Gasteiger partial charge in [-0.3, -0.25) is 0 Å². The van der Waals surface area contributed by atoms with Crippen LogP contribution in [-0.2, 0) is 4.74 Å². The Bertz CT molecular complexity index is 229. The molecule has 2 heteroatoms. The van der Waals surface area contributed by atoms with Crippen LogP contribution in [0.5, 0.6) is 0 Å². The smallest absolute Gasteiger partial charge is 0.0700 e. The monoisotopic (exact) mass is 226 g/mol. The maximum absolute atomic E-state index is 10.8. The van der Waals surface area contributed by atoms with E-state index in [2.05, 4.69) is 6.92 Å². The lowest BCUT2D eigenvalue weighted by Gasteiger charge is -2.44. The van der Waals surface area contributed by atoms with Gasteiger partial charge in [0.1, 0.15) is 0 Å². The Hall–Kier alpha value is -0.0800. The molecule has 2 aliphatic rings. The number of methoxy groups -OCH3 is 1. The van der Waals surface area contributed by atoms with Gasteiger partial charge in [-0.15, -0.1) is 0 Å². The molecule has 0 aromatic heterocycles. The molecule has 0 aliphatic heterocycles. The molecule has 0 heterocycles.